The Kier molecular flexibility index (Phi) is 8.67. The SMILES string of the molecule is C=CC(=O)OC(CC(C)(C)C)=C(C)C(=O)OCCCCC. The fourth-order valence-corrected chi connectivity index (χ4v) is 1.63. The van der Waals surface area contributed by atoms with Crippen LogP contribution in [0, 0.1) is 5.41 Å². The third-order valence-electron chi connectivity index (χ3n) is 2.79. The van der Waals surface area contributed by atoms with Crippen molar-refractivity contribution in [3.63, 3.8) is 0 Å². The highest BCUT2D eigenvalue weighted by Crippen LogP contribution is 2.27. The maximum Gasteiger partial charge on any atom is 0.337 e. The standard InChI is InChI=1S/C17H28O4/c1-7-9-10-11-20-16(19)13(3)14(12-17(4,5)6)21-15(18)8-2/h8H,2,7,9-12H2,1,3-6H3. The second-order valence-corrected chi connectivity index (χ2v) is 6.25. The summed E-state index contributed by atoms with van der Waals surface area (Å²) in [6.07, 6.45) is 4.50. The molecule has 4 heteroatoms. The minimum Gasteiger partial charge on any atom is -0.462 e. The highest BCUT2D eigenvalue weighted by Gasteiger charge is 2.21. The van der Waals surface area contributed by atoms with Gasteiger partial charge in [0.05, 0.1) is 12.2 Å². The van der Waals surface area contributed by atoms with E-state index in [-0.39, 0.29) is 5.41 Å². The maximum atomic E-state index is 12.0. The number of unbranched alkanes of at least 4 members (excludes halogenated alkanes) is 2. The van der Waals surface area contributed by atoms with Crippen molar-refractivity contribution in [2.45, 2.75) is 60.3 Å². The fraction of sp³-hybridized carbons (Fsp3) is 0.647. The zero-order chi connectivity index (χ0) is 16.5. The molecule has 0 bridgehead atoms. The molecule has 0 fully saturated rings. The smallest absolute Gasteiger partial charge is 0.337 e. The number of rotatable bonds is 8. The first-order valence-electron chi connectivity index (χ1n) is 7.42. The molecule has 0 heterocycles. The largest absolute Gasteiger partial charge is 0.462 e. The van der Waals surface area contributed by atoms with Crippen LogP contribution in [0.2, 0.25) is 0 Å². The Morgan fingerprint density at radius 2 is 1.81 bits per heavy atom. The van der Waals surface area contributed by atoms with Gasteiger partial charge in [-0.2, -0.15) is 0 Å². The van der Waals surface area contributed by atoms with E-state index in [0.29, 0.717) is 24.4 Å². The normalized spacial score (nSPS) is 12.4. The Hall–Kier alpha value is -1.58. The number of hydrogen-bond acceptors (Lipinski definition) is 4. The van der Waals surface area contributed by atoms with Crippen molar-refractivity contribution < 1.29 is 19.1 Å². The van der Waals surface area contributed by atoms with Crippen LogP contribution in [-0.2, 0) is 19.1 Å². The van der Waals surface area contributed by atoms with E-state index in [2.05, 4.69) is 13.5 Å². The van der Waals surface area contributed by atoms with Crippen molar-refractivity contribution in [1.29, 1.82) is 0 Å². The molecule has 0 aliphatic carbocycles. The van der Waals surface area contributed by atoms with Crippen molar-refractivity contribution >= 4 is 11.9 Å². The van der Waals surface area contributed by atoms with Crippen LogP contribution in [0.3, 0.4) is 0 Å². The molecule has 0 saturated carbocycles. The molecule has 0 aliphatic rings. The fourth-order valence-electron chi connectivity index (χ4n) is 1.63. The van der Waals surface area contributed by atoms with Gasteiger partial charge in [0.1, 0.15) is 5.76 Å². The Morgan fingerprint density at radius 3 is 2.29 bits per heavy atom. The summed E-state index contributed by atoms with van der Waals surface area (Å²) in [6.45, 7) is 13.5. The summed E-state index contributed by atoms with van der Waals surface area (Å²) in [5, 5.41) is 0. The molecular formula is C17H28O4. The predicted molar refractivity (Wildman–Crippen MR) is 83.5 cm³/mol. The third kappa shape index (κ3) is 9.05. The second kappa shape index (κ2) is 9.37. The minimum absolute atomic E-state index is 0.111. The molecule has 120 valence electrons. The predicted octanol–water partition coefficient (Wildman–Crippen LogP) is 4.16. The van der Waals surface area contributed by atoms with Gasteiger partial charge in [-0.25, -0.2) is 9.59 Å². The van der Waals surface area contributed by atoms with Crippen LogP contribution in [0.1, 0.15) is 60.3 Å². The van der Waals surface area contributed by atoms with Crippen molar-refractivity contribution in [1.82, 2.24) is 0 Å². The quantitative estimate of drug-likeness (QED) is 0.292. The highest BCUT2D eigenvalue weighted by atomic mass is 16.5. The van der Waals surface area contributed by atoms with Gasteiger partial charge >= 0.3 is 11.9 Å². The minimum atomic E-state index is -0.563. The Morgan fingerprint density at radius 1 is 1.19 bits per heavy atom. The zero-order valence-corrected chi connectivity index (χ0v) is 14.0. The molecule has 0 radical (unpaired) electrons. The van der Waals surface area contributed by atoms with Crippen LogP contribution >= 0.6 is 0 Å². The van der Waals surface area contributed by atoms with E-state index in [1.807, 2.05) is 20.8 Å². The average molecular weight is 296 g/mol. The number of carbonyl (C=O) groups is 2. The van der Waals surface area contributed by atoms with Crippen LogP contribution in [0.4, 0.5) is 0 Å². The van der Waals surface area contributed by atoms with Gasteiger partial charge in [-0.3, -0.25) is 0 Å². The first-order valence-corrected chi connectivity index (χ1v) is 7.42. The lowest BCUT2D eigenvalue weighted by Gasteiger charge is -2.21. The molecule has 0 aliphatic heterocycles. The number of allylic oxidation sites excluding steroid dienone is 1. The Bertz CT molecular complexity index is 400. The molecule has 0 aromatic carbocycles. The molecule has 0 N–H and O–H groups in total. The lowest BCUT2D eigenvalue weighted by Crippen LogP contribution is -2.16. The van der Waals surface area contributed by atoms with E-state index in [9.17, 15) is 9.59 Å². The molecule has 0 unspecified atom stereocenters. The van der Waals surface area contributed by atoms with Gasteiger partial charge in [-0.1, -0.05) is 47.1 Å². The van der Waals surface area contributed by atoms with Gasteiger partial charge in [-0.15, -0.1) is 0 Å². The zero-order valence-electron chi connectivity index (χ0n) is 14.0. The summed E-state index contributed by atoms with van der Waals surface area (Å²) >= 11 is 0. The molecule has 0 atom stereocenters. The molecule has 0 spiro atoms. The molecule has 0 saturated heterocycles. The molecule has 21 heavy (non-hydrogen) atoms. The Balaban J connectivity index is 4.91. The molecular weight excluding hydrogens is 268 g/mol. The average Bonchev–Trinajstić information content (AvgIpc) is 2.40. The topological polar surface area (TPSA) is 52.6 Å². The van der Waals surface area contributed by atoms with Crippen LogP contribution < -0.4 is 0 Å². The van der Waals surface area contributed by atoms with E-state index in [4.69, 9.17) is 9.47 Å². The van der Waals surface area contributed by atoms with Crippen molar-refractivity contribution in [3.05, 3.63) is 24.0 Å². The van der Waals surface area contributed by atoms with Crippen molar-refractivity contribution in [2.24, 2.45) is 5.41 Å². The summed E-state index contributed by atoms with van der Waals surface area (Å²) in [4.78, 5) is 23.4. The number of ether oxygens (including phenoxy) is 2. The molecule has 0 amide bonds. The monoisotopic (exact) mass is 296 g/mol. The van der Waals surface area contributed by atoms with Crippen molar-refractivity contribution in [3.8, 4) is 0 Å². The summed E-state index contributed by atoms with van der Waals surface area (Å²) in [5.74, 6) is -0.637. The van der Waals surface area contributed by atoms with Gasteiger partial charge < -0.3 is 9.47 Å². The van der Waals surface area contributed by atoms with E-state index in [1.165, 1.54) is 0 Å². The lowest BCUT2D eigenvalue weighted by molar-refractivity contribution is -0.139. The summed E-state index contributed by atoms with van der Waals surface area (Å²) in [6, 6.07) is 0. The second-order valence-electron chi connectivity index (χ2n) is 6.25. The molecule has 0 aromatic rings. The first-order chi connectivity index (χ1) is 9.71. The summed E-state index contributed by atoms with van der Waals surface area (Å²) in [7, 11) is 0. The highest BCUT2D eigenvalue weighted by molar-refractivity contribution is 5.89. The molecule has 4 nitrogen and oxygen atoms in total. The van der Waals surface area contributed by atoms with Gasteiger partial charge in [0.2, 0.25) is 0 Å². The van der Waals surface area contributed by atoms with Crippen LogP contribution in [0.15, 0.2) is 24.0 Å². The summed E-state index contributed by atoms with van der Waals surface area (Å²) in [5.41, 5.74) is 0.234. The molecule has 0 rings (SSSR count). The van der Waals surface area contributed by atoms with Gasteiger partial charge in [0, 0.05) is 12.5 Å². The van der Waals surface area contributed by atoms with Gasteiger partial charge in [0.25, 0.3) is 0 Å². The van der Waals surface area contributed by atoms with Crippen LogP contribution in [0.25, 0.3) is 0 Å². The van der Waals surface area contributed by atoms with Crippen LogP contribution in [0.5, 0.6) is 0 Å². The maximum absolute atomic E-state index is 12.0. The van der Waals surface area contributed by atoms with Crippen LogP contribution in [-0.4, -0.2) is 18.5 Å². The van der Waals surface area contributed by atoms with Gasteiger partial charge in [-0.05, 0) is 18.8 Å². The molecule has 0 aromatic heterocycles. The van der Waals surface area contributed by atoms with E-state index in [0.717, 1.165) is 25.3 Å². The van der Waals surface area contributed by atoms with E-state index >= 15 is 0 Å². The number of carbonyl (C=O) groups excluding carboxylic acids is 2. The number of esters is 2. The first kappa shape index (κ1) is 19.4. The van der Waals surface area contributed by atoms with E-state index in [1.54, 1.807) is 6.92 Å². The van der Waals surface area contributed by atoms with E-state index < -0.39 is 11.9 Å². The lowest BCUT2D eigenvalue weighted by atomic mass is 9.90. The van der Waals surface area contributed by atoms with Crippen molar-refractivity contribution in [2.75, 3.05) is 6.61 Å². The third-order valence-corrected chi connectivity index (χ3v) is 2.79. The van der Waals surface area contributed by atoms with Gasteiger partial charge in [0.15, 0.2) is 0 Å². The Labute approximate surface area is 128 Å². The summed E-state index contributed by atoms with van der Waals surface area (Å²) < 4.78 is 10.4. The number of hydrogen-bond donors (Lipinski definition) is 0.